The van der Waals surface area contributed by atoms with Gasteiger partial charge < -0.3 is 5.32 Å². The highest BCUT2D eigenvalue weighted by molar-refractivity contribution is 5.85. The van der Waals surface area contributed by atoms with Crippen LogP contribution in [0.5, 0.6) is 0 Å². The maximum absolute atomic E-state index is 3.46. The zero-order valence-electron chi connectivity index (χ0n) is 7.21. The number of hydrogen-bond donors (Lipinski definition) is 1. The monoisotopic (exact) mass is 183 g/mol. The SMILES string of the molecule is C[C@H]1CCc2ccccc2N1.Cl. The number of benzene rings is 1. The predicted molar refractivity (Wildman–Crippen MR) is 55.1 cm³/mol. The van der Waals surface area contributed by atoms with Crippen LogP contribution in [-0.4, -0.2) is 6.04 Å². The van der Waals surface area contributed by atoms with Crippen LogP contribution in [0.1, 0.15) is 18.9 Å². The van der Waals surface area contributed by atoms with Crippen LogP contribution in [0.4, 0.5) is 5.69 Å². The number of hydrogen-bond acceptors (Lipinski definition) is 1. The topological polar surface area (TPSA) is 12.0 Å². The summed E-state index contributed by atoms with van der Waals surface area (Å²) in [4.78, 5) is 0. The Kier molecular flexibility index (Phi) is 2.99. The lowest BCUT2D eigenvalue weighted by molar-refractivity contribution is 0.681. The first kappa shape index (κ1) is 9.40. The predicted octanol–water partition coefficient (Wildman–Crippen LogP) is 2.86. The van der Waals surface area contributed by atoms with Gasteiger partial charge in [0.05, 0.1) is 0 Å². The average Bonchev–Trinajstić information content (AvgIpc) is 2.04. The Morgan fingerprint density at radius 3 is 2.92 bits per heavy atom. The van der Waals surface area contributed by atoms with E-state index < -0.39 is 0 Å². The molecule has 1 aromatic rings. The fourth-order valence-electron chi connectivity index (χ4n) is 1.59. The standard InChI is InChI=1S/C10H13N.ClH/c1-8-6-7-9-4-2-3-5-10(9)11-8;/h2-5,8,11H,6-7H2,1H3;1H/t8-;/m0./s1. The number of para-hydroxylation sites is 1. The Morgan fingerprint density at radius 1 is 1.33 bits per heavy atom. The van der Waals surface area contributed by atoms with Crippen molar-refractivity contribution in [2.45, 2.75) is 25.8 Å². The van der Waals surface area contributed by atoms with E-state index in [0.29, 0.717) is 6.04 Å². The minimum Gasteiger partial charge on any atom is -0.382 e. The van der Waals surface area contributed by atoms with E-state index in [9.17, 15) is 0 Å². The summed E-state index contributed by atoms with van der Waals surface area (Å²) in [5, 5.41) is 3.46. The van der Waals surface area contributed by atoms with Crippen LogP contribution in [0, 0.1) is 0 Å². The summed E-state index contributed by atoms with van der Waals surface area (Å²) in [6.07, 6.45) is 2.49. The maximum Gasteiger partial charge on any atom is 0.0374 e. The Balaban J connectivity index is 0.000000720. The lowest BCUT2D eigenvalue weighted by atomic mass is 9.99. The van der Waals surface area contributed by atoms with Crippen molar-refractivity contribution in [1.82, 2.24) is 0 Å². The van der Waals surface area contributed by atoms with Crippen LogP contribution in [0.15, 0.2) is 24.3 Å². The fraction of sp³-hybridized carbons (Fsp3) is 0.400. The summed E-state index contributed by atoms with van der Waals surface area (Å²) in [6, 6.07) is 9.20. The van der Waals surface area contributed by atoms with Gasteiger partial charge in [0.1, 0.15) is 0 Å². The molecule has 0 aliphatic carbocycles. The van der Waals surface area contributed by atoms with Crippen molar-refractivity contribution in [1.29, 1.82) is 0 Å². The van der Waals surface area contributed by atoms with Crippen molar-refractivity contribution < 1.29 is 0 Å². The molecule has 12 heavy (non-hydrogen) atoms. The Labute approximate surface area is 79.6 Å². The molecule has 2 heteroatoms. The molecule has 1 nitrogen and oxygen atoms in total. The molecule has 0 radical (unpaired) electrons. The molecule has 1 heterocycles. The van der Waals surface area contributed by atoms with Crippen molar-refractivity contribution in [3.05, 3.63) is 29.8 Å². The third-order valence-electron chi connectivity index (χ3n) is 2.27. The van der Waals surface area contributed by atoms with E-state index in [4.69, 9.17) is 0 Å². The lowest BCUT2D eigenvalue weighted by Gasteiger charge is -2.23. The molecule has 1 aromatic carbocycles. The number of nitrogens with one attached hydrogen (secondary N) is 1. The van der Waals surface area contributed by atoms with Crippen molar-refractivity contribution in [2.24, 2.45) is 0 Å². The number of fused-ring (bicyclic) bond motifs is 1. The second-order valence-corrected chi connectivity index (χ2v) is 3.24. The van der Waals surface area contributed by atoms with Gasteiger partial charge in [-0.25, -0.2) is 0 Å². The molecule has 0 saturated carbocycles. The van der Waals surface area contributed by atoms with E-state index in [1.807, 2.05) is 0 Å². The molecule has 0 saturated heterocycles. The Hall–Kier alpha value is -0.690. The molecule has 0 fully saturated rings. The summed E-state index contributed by atoms with van der Waals surface area (Å²) in [5.74, 6) is 0. The number of halogens is 1. The molecule has 0 unspecified atom stereocenters. The van der Waals surface area contributed by atoms with Gasteiger partial charge in [0.25, 0.3) is 0 Å². The van der Waals surface area contributed by atoms with Gasteiger partial charge in [-0.2, -0.15) is 0 Å². The smallest absolute Gasteiger partial charge is 0.0374 e. The highest BCUT2D eigenvalue weighted by atomic mass is 35.5. The summed E-state index contributed by atoms with van der Waals surface area (Å²) in [6.45, 7) is 2.23. The first-order valence-corrected chi connectivity index (χ1v) is 4.21. The highest BCUT2D eigenvalue weighted by Crippen LogP contribution is 2.23. The van der Waals surface area contributed by atoms with Gasteiger partial charge in [0.2, 0.25) is 0 Å². The quantitative estimate of drug-likeness (QED) is 0.652. The first-order chi connectivity index (χ1) is 5.36. The molecule has 0 spiro atoms. The van der Waals surface area contributed by atoms with E-state index in [0.717, 1.165) is 0 Å². The third-order valence-corrected chi connectivity index (χ3v) is 2.27. The second-order valence-electron chi connectivity index (χ2n) is 3.24. The van der Waals surface area contributed by atoms with E-state index >= 15 is 0 Å². The van der Waals surface area contributed by atoms with E-state index in [-0.39, 0.29) is 12.4 Å². The van der Waals surface area contributed by atoms with Crippen molar-refractivity contribution in [3.63, 3.8) is 0 Å². The van der Waals surface area contributed by atoms with Crippen LogP contribution in [-0.2, 0) is 6.42 Å². The molecule has 1 N–H and O–H groups in total. The third kappa shape index (κ3) is 1.72. The zero-order chi connectivity index (χ0) is 7.68. The molecule has 0 bridgehead atoms. The second kappa shape index (κ2) is 3.81. The summed E-state index contributed by atoms with van der Waals surface area (Å²) >= 11 is 0. The normalized spacial score (nSPS) is 20.2. The van der Waals surface area contributed by atoms with Gasteiger partial charge in [0.15, 0.2) is 0 Å². The molecule has 1 aliphatic rings. The lowest BCUT2D eigenvalue weighted by Crippen LogP contribution is -2.21. The van der Waals surface area contributed by atoms with Crippen molar-refractivity contribution in [2.75, 3.05) is 5.32 Å². The van der Waals surface area contributed by atoms with Crippen LogP contribution in [0.25, 0.3) is 0 Å². The van der Waals surface area contributed by atoms with Crippen molar-refractivity contribution in [3.8, 4) is 0 Å². The summed E-state index contributed by atoms with van der Waals surface area (Å²) in [7, 11) is 0. The van der Waals surface area contributed by atoms with Crippen LogP contribution < -0.4 is 5.32 Å². The van der Waals surface area contributed by atoms with Crippen LogP contribution >= 0.6 is 12.4 Å². The van der Waals surface area contributed by atoms with Crippen LogP contribution in [0.3, 0.4) is 0 Å². The molecule has 2 rings (SSSR count). The number of aryl methyl sites for hydroxylation is 1. The molecule has 1 atom stereocenters. The summed E-state index contributed by atoms with van der Waals surface area (Å²) < 4.78 is 0. The highest BCUT2D eigenvalue weighted by Gasteiger charge is 2.11. The molecular weight excluding hydrogens is 170 g/mol. The van der Waals surface area contributed by atoms with Gasteiger partial charge >= 0.3 is 0 Å². The van der Waals surface area contributed by atoms with Gasteiger partial charge in [-0.05, 0) is 31.4 Å². The Morgan fingerprint density at radius 2 is 2.08 bits per heavy atom. The minimum atomic E-state index is 0. The van der Waals surface area contributed by atoms with Gasteiger partial charge in [-0.15, -0.1) is 12.4 Å². The summed E-state index contributed by atoms with van der Waals surface area (Å²) in [5.41, 5.74) is 2.79. The van der Waals surface area contributed by atoms with Crippen molar-refractivity contribution >= 4 is 18.1 Å². The molecular formula is C10H14ClN. The van der Waals surface area contributed by atoms with E-state index in [1.54, 1.807) is 0 Å². The number of rotatable bonds is 0. The van der Waals surface area contributed by atoms with Gasteiger partial charge in [-0.1, -0.05) is 18.2 Å². The largest absolute Gasteiger partial charge is 0.382 e. The maximum atomic E-state index is 3.46. The molecule has 66 valence electrons. The molecule has 1 aliphatic heterocycles. The average molecular weight is 184 g/mol. The van der Waals surface area contributed by atoms with Gasteiger partial charge in [-0.3, -0.25) is 0 Å². The molecule has 0 aromatic heterocycles. The molecule has 0 amide bonds. The zero-order valence-corrected chi connectivity index (χ0v) is 8.03. The fourth-order valence-corrected chi connectivity index (χ4v) is 1.59. The number of anilines is 1. The van der Waals surface area contributed by atoms with Crippen LogP contribution in [0.2, 0.25) is 0 Å². The van der Waals surface area contributed by atoms with Gasteiger partial charge in [0, 0.05) is 11.7 Å². The van der Waals surface area contributed by atoms with E-state index in [2.05, 4.69) is 36.5 Å². The minimum absolute atomic E-state index is 0. The Bertz CT molecular complexity index is 260. The van der Waals surface area contributed by atoms with E-state index in [1.165, 1.54) is 24.1 Å². The first-order valence-electron chi connectivity index (χ1n) is 4.21.